The summed E-state index contributed by atoms with van der Waals surface area (Å²) in [5.74, 6) is 1.27. The summed E-state index contributed by atoms with van der Waals surface area (Å²) in [7, 11) is 0. The summed E-state index contributed by atoms with van der Waals surface area (Å²) in [6.45, 7) is 6.04. The van der Waals surface area contributed by atoms with Crippen molar-refractivity contribution in [2.45, 2.75) is 76.5 Å². The van der Waals surface area contributed by atoms with Gasteiger partial charge in [0.2, 0.25) is 5.91 Å². The molecular weight excluding hydrogens is 320 g/mol. The molecule has 6 nitrogen and oxygen atoms in total. The third kappa shape index (κ3) is 2.64. The predicted molar refractivity (Wildman–Crippen MR) is 91.7 cm³/mol. The van der Waals surface area contributed by atoms with Gasteiger partial charge in [0.15, 0.2) is 0 Å². The van der Waals surface area contributed by atoms with Crippen LogP contribution in [-0.4, -0.2) is 40.9 Å². The lowest BCUT2D eigenvalue weighted by Gasteiger charge is -2.36. The van der Waals surface area contributed by atoms with E-state index in [0.717, 1.165) is 32.1 Å². The molecule has 6 heteroatoms. The fraction of sp³-hybridized carbons (Fsp3) is 0.895. The fourth-order valence-electron chi connectivity index (χ4n) is 5.70. The molecule has 0 aromatic carbocycles. The largest absolute Gasteiger partial charge is 0.444 e. The first-order valence-corrected chi connectivity index (χ1v) is 9.66. The lowest BCUT2D eigenvalue weighted by molar-refractivity contribution is -0.127. The highest BCUT2D eigenvalue weighted by atomic mass is 16.6. The molecule has 3 unspecified atom stereocenters. The normalized spacial score (nSPS) is 39.5. The highest BCUT2D eigenvalue weighted by Crippen LogP contribution is 2.79. The molecule has 0 saturated heterocycles. The molecule has 0 spiro atoms. The first-order valence-electron chi connectivity index (χ1n) is 9.66. The average Bonchev–Trinajstić information content (AvgIpc) is 2.81. The van der Waals surface area contributed by atoms with Crippen LogP contribution in [0.1, 0.15) is 59.3 Å². The molecule has 0 heterocycles. The third-order valence-corrected chi connectivity index (χ3v) is 6.93. The van der Waals surface area contributed by atoms with Crippen LogP contribution in [0.4, 0.5) is 4.79 Å². The Hall–Kier alpha value is -1.30. The van der Waals surface area contributed by atoms with Crippen LogP contribution in [-0.2, 0) is 9.53 Å². The van der Waals surface area contributed by atoms with E-state index in [1.54, 1.807) is 0 Å². The summed E-state index contributed by atoms with van der Waals surface area (Å²) in [6, 6.07) is -0.107. The number of hydrogen-bond donors (Lipinski definition) is 3. The van der Waals surface area contributed by atoms with Gasteiger partial charge in [0.05, 0.1) is 11.0 Å². The number of carbonyl (C=O) groups is 2. The number of hydrogen-bond acceptors (Lipinski definition) is 4. The van der Waals surface area contributed by atoms with Gasteiger partial charge in [-0.3, -0.25) is 4.79 Å². The lowest BCUT2D eigenvalue weighted by Crippen LogP contribution is -2.50. The van der Waals surface area contributed by atoms with E-state index in [1.165, 1.54) is 0 Å². The number of carbonyl (C=O) groups excluding carboxylic acids is 2. The number of nitrogens with one attached hydrogen (secondary N) is 2. The van der Waals surface area contributed by atoms with Crippen molar-refractivity contribution in [3.8, 4) is 0 Å². The summed E-state index contributed by atoms with van der Waals surface area (Å²) in [6.07, 6.45) is 5.01. The molecule has 3 N–H and O–H groups in total. The first-order chi connectivity index (χ1) is 11.7. The van der Waals surface area contributed by atoms with Gasteiger partial charge in [-0.1, -0.05) is 0 Å². The van der Waals surface area contributed by atoms with Crippen LogP contribution in [0, 0.1) is 23.2 Å². The zero-order valence-corrected chi connectivity index (χ0v) is 15.4. The first kappa shape index (κ1) is 17.1. The second kappa shape index (κ2) is 5.35. The quantitative estimate of drug-likeness (QED) is 0.707. The smallest absolute Gasteiger partial charge is 0.407 e. The predicted octanol–water partition coefficient (Wildman–Crippen LogP) is 1.96. The Bertz CT molecular complexity index is 581. The van der Waals surface area contributed by atoms with Crippen LogP contribution < -0.4 is 10.6 Å². The van der Waals surface area contributed by atoms with E-state index in [1.807, 2.05) is 20.8 Å². The molecule has 5 fully saturated rings. The molecule has 5 saturated carbocycles. The zero-order valence-electron chi connectivity index (χ0n) is 15.4. The second-order valence-electron chi connectivity index (χ2n) is 9.59. The van der Waals surface area contributed by atoms with Crippen molar-refractivity contribution in [1.29, 1.82) is 0 Å². The fourth-order valence-corrected chi connectivity index (χ4v) is 5.70. The Labute approximate surface area is 149 Å². The molecule has 5 aliphatic rings. The number of ether oxygens (including phenoxy) is 1. The molecule has 3 atom stereocenters. The summed E-state index contributed by atoms with van der Waals surface area (Å²) >= 11 is 0. The highest BCUT2D eigenvalue weighted by Gasteiger charge is 2.83. The van der Waals surface area contributed by atoms with Crippen molar-refractivity contribution in [2.75, 3.05) is 6.54 Å². The summed E-state index contributed by atoms with van der Waals surface area (Å²) in [5.41, 5.74) is -1.54. The van der Waals surface area contributed by atoms with Gasteiger partial charge in [-0.25, -0.2) is 4.79 Å². The maximum atomic E-state index is 12.9. The SMILES string of the molecule is CC(C)(C)OC(=O)NC1C2CC3C(C2)C31C(=O)NCCC1(O)CCC1. The van der Waals surface area contributed by atoms with E-state index >= 15 is 0 Å². The van der Waals surface area contributed by atoms with Gasteiger partial charge in [0.1, 0.15) is 5.60 Å². The summed E-state index contributed by atoms with van der Waals surface area (Å²) in [4.78, 5) is 25.1. The van der Waals surface area contributed by atoms with Crippen molar-refractivity contribution < 1.29 is 19.4 Å². The van der Waals surface area contributed by atoms with Gasteiger partial charge >= 0.3 is 6.09 Å². The Morgan fingerprint density at radius 3 is 2.36 bits per heavy atom. The van der Waals surface area contributed by atoms with Crippen molar-refractivity contribution >= 4 is 12.0 Å². The Morgan fingerprint density at radius 2 is 1.84 bits per heavy atom. The van der Waals surface area contributed by atoms with Gasteiger partial charge in [-0.2, -0.15) is 0 Å². The third-order valence-electron chi connectivity index (χ3n) is 6.93. The second-order valence-corrected chi connectivity index (χ2v) is 9.59. The molecule has 140 valence electrons. The molecule has 0 aromatic rings. The van der Waals surface area contributed by atoms with Crippen molar-refractivity contribution in [3.63, 3.8) is 0 Å². The molecule has 2 amide bonds. The van der Waals surface area contributed by atoms with Gasteiger partial charge < -0.3 is 20.5 Å². The van der Waals surface area contributed by atoms with Crippen LogP contribution in [0.25, 0.3) is 0 Å². The van der Waals surface area contributed by atoms with E-state index in [4.69, 9.17) is 4.74 Å². The summed E-state index contributed by atoms with van der Waals surface area (Å²) < 4.78 is 5.39. The van der Waals surface area contributed by atoms with Gasteiger partial charge in [-0.15, -0.1) is 0 Å². The van der Waals surface area contributed by atoms with Crippen LogP contribution in [0.3, 0.4) is 0 Å². The number of rotatable bonds is 5. The van der Waals surface area contributed by atoms with Gasteiger partial charge in [-0.05, 0) is 77.0 Å². The molecule has 5 rings (SSSR count). The minimum Gasteiger partial charge on any atom is -0.444 e. The van der Waals surface area contributed by atoms with E-state index < -0.39 is 22.7 Å². The van der Waals surface area contributed by atoms with Gasteiger partial charge in [0, 0.05) is 12.6 Å². The number of amides is 2. The molecule has 0 radical (unpaired) electrons. The highest BCUT2D eigenvalue weighted by molar-refractivity contribution is 5.90. The molecular formula is C19H30N2O4. The molecule has 4 bridgehead atoms. The molecule has 0 aromatic heterocycles. The van der Waals surface area contributed by atoms with E-state index in [9.17, 15) is 14.7 Å². The maximum absolute atomic E-state index is 12.9. The standard InChI is InChI=1S/C19H30N2O4/c1-17(2,3)25-16(23)21-14-11-9-12-13(10-11)19(12,14)15(22)20-8-7-18(24)5-4-6-18/h11-14,24H,4-10H2,1-3H3,(H,20,22)(H,21,23). The van der Waals surface area contributed by atoms with Crippen LogP contribution in [0.2, 0.25) is 0 Å². The Morgan fingerprint density at radius 1 is 1.20 bits per heavy atom. The van der Waals surface area contributed by atoms with Crippen LogP contribution >= 0.6 is 0 Å². The Kier molecular flexibility index (Phi) is 3.67. The molecule has 0 aliphatic heterocycles. The summed E-state index contributed by atoms with van der Waals surface area (Å²) in [5, 5.41) is 16.2. The van der Waals surface area contributed by atoms with Crippen molar-refractivity contribution in [1.82, 2.24) is 10.6 Å². The maximum Gasteiger partial charge on any atom is 0.407 e. The monoisotopic (exact) mass is 350 g/mol. The zero-order chi connectivity index (χ0) is 18.0. The van der Waals surface area contributed by atoms with Crippen LogP contribution in [0.15, 0.2) is 0 Å². The van der Waals surface area contributed by atoms with Crippen LogP contribution in [0.5, 0.6) is 0 Å². The van der Waals surface area contributed by atoms with Crippen molar-refractivity contribution in [2.24, 2.45) is 23.2 Å². The number of alkyl carbamates (subject to hydrolysis) is 1. The molecule has 5 aliphatic carbocycles. The number of aliphatic hydroxyl groups is 1. The van der Waals surface area contributed by atoms with E-state index in [0.29, 0.717) is 30.7 Å². The topological polar surface area (TPSA) is 87.7 Å². The molecule has 25 heavy (non-hydrogen) atoms. The van der Waals surface area contributed by atoms with E-state index in [-0.39, 0.29) is 11.9 Å². The minimum atomic E-state index is -0.570. The average molecular weight is 350 g/mol. The van der Waals surface area contributed by atoms with Crippen molar-refractivity contribution in [3.05, 3.63) is 0 Å². The lowest BCUT2D eigenvalue weighted by atomic mass is 9.78. The minimum absolute atomic E-state index is 0.0616. The van der Waals surface area contributed by atoms with E-state index in [2.05, 4.69) is 10.6 Å². The Balaban J connectivity index is 1.36. The van der Waals surface area contributed by atoms with Gasteiger partial charge in [0.25, 0.3) is 0 Å².